The fraction of sp³-hybridized carbons (Fsp3) is 0.421. The molecule has 4 rings (SSSR count). The lowest BCUT2D eigenvalue weighted by atomic mass is 10.0. The number of rotatable bonds is 5. The molecule has 0 unspecified atom stereocenters. The van der Waals surface area contributed by atoms with Crippen LogP contribution in [0.15, 0.2) is 24.4 Å². The van der Waals surface area contributed by atoms with Gasteiger partial charge in [-0.25, -0.2) is 0 Å². The van der Waals surface area contributed by atoms with E-state index in [9.17, 15) is 13.2 Å². The Kier molecular flexibility index (Phi) is 5.76. The number of halogens is 3. The molecule has 0 radical (unpaired) electrons. The molecular weight excluding hydrogens is 419 g/mol. The Morgan fingerprint density at radius 2 is 2.03 bits per heavy atom. The van der Waals surface area contributed by atoms with Gasteiger partial charge in [0.25, 0.3) is 0 Å². The van der Waals surface area contributed by atoms with Gasteiger partial charge in [-0.15, -0.1) is 0 Å². The van der Waals surface area contributed by atoms with Crippen molar-refractivity contribution in [3.63, 3.8) is 0 Å². The molecule has 0 bridgehead atoms. The van der Waals surface area contributed by atoms with Crippen molar-refractivity contribution in [3.8, 4) is 11.4 Å². The van der Waals surface area contributed by atoms with E-state index in [1.54, 1.807) is 17.7 Å². The Bertz CT molecular complexity index is 1110. The van der Waals surface area contributed by atoms with Crippen LogP contribution < -0.4 is 4.90 Å². The van der Waals surface area contributed by atoms with Crippen LogP contribution in [0.3, 0.4) is 0 Å². The van der Waals surface area contributed by atoms with Crippen molar-refractivity contribution in [2.75, 3.05) is 44.9 Å². The van der Waals surface area contributed by atoms with E-state index in [4.69, 9.17) is 21.7 Å². The highest BCUT2D eigenvalue weighted by Gasteiger charge is 2.34. The quantitative estimate of drug-likeness (QED) is 0.612. The van der Waals surface area contributed by atoms with E-state index in [1.165, 1.54) is 12.3 Å². The van der Waals surface area contributed by atoms with Crippen molar-refractivity contribution >= 4 is 28.8 Å². The smallest absolute Gasteiger partial charge is 0.383 e. The fourth-order valence-electron chi connectivity index (χ4n) is 3.64. The summed E-state index contributed by atoms with van der Waals surface area (Å²) in [5.41, 5.74) is 0.390. The maximum Gasteiger partial charge on any atom is 0.418 e. The average Bonchev–Trinajstić information content (AvgIpc) is 3.11. The summed E-state index contributed by atoms with van der Waals surface area (Å²) >= 11 is 5.34. The van der Waals surface area contributed by atoms with E-state index in [-0.39, 0.29) is 5.52 Å². The normalized spacial score (nSPS) is 15.1. The van der Waals surface area contributed by atoms with Gasteiger partial charge in [0.15, 0.2) is 10.6 Å². The molecule has 1 aliphatic rings. The summed E-state index contributed by atoms with van der Waals surface area (Å²) in [5, 5.41) is 7.52. The third-order valence-electron chi connectivity index (χ3n) is 5.02. The molecule has 160 valence electrons. The van der Waals surface area contributed by atoms with Crippen LogP contribution in [0.5, 0.6) is 0 Å². The first-order valence-corrected chi connectivity index (χ1v) is 9.78. The van der Waals surface area contributed by atoms with Crippen LogP contribution in [0.4, 0.5) is 18.9 Å². The molecule has 11 heteroatoms. The van der Waals surface area contributed by atoms with Gasteiger partial charge < -0.3 is 14.4 Å². The number of aromatic nitrogens is 4. The summed E-state index contributed by atoms with van der Waals surface area (Å²) < 4.78 is 53.6. The third-order valence-corrected chi connectivity index (χ3v) is 5.33. The second kappa shape index (κ2) is 8.32. The highest BCUT2D eigenvalue weighted by atomic mass is 32.1. The number of fused-ring (bicyclic) bond motifs is 1. The van der Waals surface area contributed by atoms with Crippen LogP contribution in [-0.4, -0.2) is 59.8 Å². The van der Waals surface area contributed by atoms with Gasteiger partial charge in [-0.2, -0.15) is 18.3 Å². The predicted octanol–water partition coefficient (Wildman–Crippen LogP) is 3.66. The van der Waals surface area contributed by atoms with Crippen molar-refractivity contribution in [1.82, 2.24) is 19.7 Å². The van der Waals surface area contributed by atoms with E-state index in [0.29, 0.717) is 66.7 Å². The van der Waals surface area contributed by atoms with Gasteiger partial charge in [0, 0.05) is 31.8 Å². The summed E-state index contributed by atoms with van der Waals surface area (Å²) in [4.78, 5) is 6.21. The molecule has 3 aromatic rings. The predicted molar refractivity (Wildman–Crippen MR) is 108 cm³/mol. The molecule has 0 spiro atoms. The van der Waals surface area contributed by atoms with Crippen LogP contribution in [0.2, 0.25) is 0 Å². The van der Waals surface area contributed by atoms with Crippen LogP contribution in [0.1, 0.15) is 5.56 Å². The molecule has 0 saturated carbocycles. The van der Waals surface area contributed by atoms with Crippen LogP contribution in [-0.2, 0) is 22.2 Å². The first-order valence-electron chi connectivity index (χ1n) is 9.38. The monoisotopic (exact) mass is 439 g/mol. The molecular formula is C19H20F3N5O2S. The van der Waals surface area contributed by atoms with Crippen molar-refractivity contribution in [2.24, 2.45) is 0 Å². The Labute approximate surface area is 175 Å². The molecule has 0 atom stereocenters. The number of benzene rings is 1. The minimum absolute atomic E-state index is 0.0900. The molecule has 7 nitrogen and oxygen atoms in total. The zero-order valence-corrected chi connectivity index (χ0v) is 17.0. The van der Waals surface area contributed by atoms with Gasteiger partial charge in [0.1, 0.15) is 0 Å². The summed E-state index contributed by atoms with van der Waals surface area (Å²) in [6.07, 6.45) is -3.06. The molecule has 0 aliphatic carbocycles. The van der Waals surface area contributed by atoms with Gasteiger partial charge in [-0.1, -0.05) is 12.1 Å². The lowest BCUT2D eigenvalue weighted by Gasteiger charge is -2.31. The number of methoxy groups -OCH3 is 1. The SMILES string of the molecule is COCCn1c(-c2cnc3c(C(F)(F)F)cccc3c2N2CCOCC2)n[nH]c1=S. The van der Waals surface area contributed by atoms with Gasteiger partial charge >= 0.3 is 6.18 Å². The number of H-pyrrole nitrogens is 1. The minimum Gasteiger partial charge on any atom is -0.383 e. The number of pyridine rings is 1. The molecule has 2 aromatic heterocycles. The van der Waals surface area contributed by atoms with Crippen molar-refractivity contribution in [3.05, 3.63) is 34.7 Å². The van der Waals surface area contributed by atoms with Crippen molar-refractivity contribution in [1.29, 1.82) is 0 Å². The number of morpholine rings is 1. The first kappa shape index (κ1) is 20.8. The van der Waals surface area contributed by atoms with Gasteiger partial charge in [0.2, 0.25) is 0 Å². The number of alkyl halides is 3. The Hall–Kier alpha value is -2.50. The maximum absolute atomic E-state index is 13.6. The van der Waals surface area contributed by atoms with E-state index in [0.717, 1.165) is 6.07 Å². The van der Waals surface area contributed by atoms with Crippen molar-refractivity contribution in [2.45, 2.75) is 12.7 Å². The summed E-state index contributed by atoms with van der Waals surface area (Å²) in [5.74, 6) is 0.505. The van der Waals surface area contributed by atoms with Crippen LogP contribution in [0.25, 0.3) is 22.3 Å². The lowest BCUT2D eigenvalue weighted by Crippen LogP contribution is -2.36. The van der Waals surface area contributed by atoms with E-state index < -0.39 is 11.7 Å². The number of anilines is 1. The van der Waals surface area contributed by atoms with Crippen LogP contribution in [0, 0.1) is 4.77 Å². The van der Waals surface area contributed by atoms with E-state index in [1.807, 2.05) is 4.90 Å². The molecule has 1 saturated heterocycles. The Balaban J connectivity index is 1.98. The van der Waals surface area contributed by atoms with Crippen molar-refractivity contribution < 1.29 is 22.6 Å². The Morgan fingerprint density at radius 3 is 2.73 bits per heavy atom. The summed E-state index contributed by atoms with van der Waals surface area (Å²) in [6.45, 7) is 2.92. The molecule has 1 fully saturated rings. The number of nitrogens with zero attached hydrogens (tertiary/aromatic N) is 4. The van der Waals surface area contributed by atoms with E-state index >= 15 is 0 Å². The lowest BCUT2D eigenvalue weighted by molar-refractivity contribution is -0.136. The summed E-state index contributed by atoms with van der Waals surface area (Å²) in [6, 6.07) is 4.11. The molecule has 3 heterocycles. The van der Waals surface area contributed by atoms with Gasteiger partial charge in [0.05, 0.1) is 48.7 Å². The number of hydrogen-bond donors (Lipinski definition) is 1. The van der Waals surface area contributed by atoms with Gasteiger partial charge in [-0.05, 0) is 18.3 Å². The molecule has 1 aliphatic heterocycles. The highest BCUT2D eigenvalue weighted by molar-refractivity contribution is 7.71. The maximum atomic E-state index is 13.6. The fourth-order valence-corrected chi connectivity index (χ4v) is 3.87. The number of nitrogens with one attached hydrogen (secondary N) is 1. The highest BCUT2D eigenvalue weighted by Crippen LogP contribution is 2.41. The van der Waals surface area contributed by atoms with Crippen LogP contribution >= 0.6 is 12.2 Å². The van der Waals surface area contributed by atoms with Gasteiger partial charge in [-0.3, -0.25) is 14.6 Å². The second-order valence-corrected chi connectivity index (χ2v) is 7.20. The third kappa shape index (κ3) is 3.80. The standard InChI is InChI=1S/C19H20F3N5O2S/c1-28-8-7-27-17(24-25-18(27)30)13-11-23-15-12(3-2-4-14(15)19(20,21)22)16(13)26-5-9-29-10-6-26/h2-4,11H,5-10H2,1H3,(H,25,30). The average molecular weight is 439 g/mol. The first-order chi connectivity index (χ1) is 14.4. The summed E-state index contributed by atoms with van der Waals surface area (Å²) in [7, 11) is 1.58. The molecule has 1 N–H and O–H groups in total. The van der Waals surface area contributed by atoms with E-state index in [2.05, 4.69) is 15.2 Å². The second-order valence-electron chi connectivity index (χ2n) is 6.82. The zero-order valence-electron chi connectivity index (χ0n) is 16.2. The largest absolute Gasteiger partial charge is 0.418 e. The number of aromatic amines is 1. The number of para-hydroxylation sites is 1. The molecule has 0 amide bonds. The molecule has 1 aromatic carbocycles. The zero-order chi connectivity index (χ0) is 21.3. The number of ether oxygens (including phenoxy) is 2. The minimum atomic E-state index is -4.51. The molecule has 30 heavy (non-hydrogen) atoms. The topological polar surface area (TPSA) is 68.2 Å². The number of hydrogen-bond acceptors (Lipinski definition) is 6. The Morgan fingerprint density at radius 1 is 1.27 bits per heavy atom.